The van der Waals surface area contributed by atoms with E-state index in [-0.39, 0.29) is 15.6 Å². The number of hydrogen-bond donors (Lipinski definition) is 2. The van der Waals surface area contributed by atoms with Crippen LogP contribution in [-0.2, 0) is 16.0 Å². The zero-order valence-corrected chi connectivity index (χ0v) is 19.5. The van der Waals surface area contributed by atoms with E-state index in [2.05, 4.69) is 16.7 Å². The molecule has 2 aromatic rings. The maximum Gasteiger partial charge on any atom is 0.328 e. The molecule has 0 aromatic heterocycles. The Balaban J connectivity index is 0.00000166. The minimum absolute atomic E-state index is 0.137. The van der Waals surface area contributed by atoms with Crippen LogP contribution in [0, 0.1) is 0 Å². The van der Waals surface area contributed by atoms with Gasteiger partial charge in [-0.2, -0.15) is 0 Å². The van der Waals surface area contributed by atoms with Crippen LogP contribution in [-0.4, -0.2) is 38.1 Å². The molecular formula is C24H28Cl2N2O3. The molecular weight excluding hydrogens is 435 g/mol. The first-order valence-corrected chi connectivity index (χ1v) is 11.1. The van der Waals surface area contributed by atoms with Gasteiger partial charge in [0, 0.05) is 13.0 Å². The summed E-state index contributed by atoms with van der Waals surface area (Å²) in [5.74, 6) is -1.06. The highest BCUT2D eigenvalue weighted by Crippen LogP contribution is 2.24. The first-order valence-electron chi connectivity index (χ1n) is 10.3. The number of carbonyl (C=O) groups is 2. The minimum atomic E-state index is -0.858. The van der Waals surface area contributed by atoms with Gasteiger partial charge in [0.1, 0.15) is 6.04 Å². The quantitative estimate of drug-likeness (QED) is 0.598. The topological polar surface area (TPSA) is 67.4 Å². The van der Waals surface area contributed by atoms with Gasteiger partial charge in [-0.15, -0.1) is 0 Å². The summed E-state index contributed by atoms with van der Waals surface area (Å²) in [5.41, 5.74) is 3.51. The Kier molecular flexibility index (Phi) is 10.0. The average molecular weight is 463 g/mol. The number of halogens is 2. The Morgan fingerprint density at radius 3 is 2.29 bits per heavy atom. The zero-order chi connectivity index (χ0) is 22.8. The van der Waals surface area contributed by atoms with Gasteiger partial charge in [0.05, 0.1) is 22.7 Å². The van der Waals surface area contributed by atoms with Crippen molar-refractivity contribution in [2.24, 2.45) is 0 Å². The van der Waals surface area contributed by atoms with Gasteiger partial charge >= 0.3 is 5.97 Å². The number of benzene rings is 2. The van der Waals surface area contributed by atoms with Crippen LogP contribution in [0.25, 0.3) is 5.57 Å². The second-order valence-corrected chi connectivity index (χ2v) is 7.54. The van der Waals surface area contributed by atoms with Crippen molar-refractivity contribution in [2.75, 3.05) is 20.2 Å². The molecule has 0 saturated carbocycles. The molecule has 1 unspecified atom stereocenters. The summed E-state index contributed by atoms with van der Waals surface area (Å²) in [5, 5.41) is 6.42. The lowest BCUT2D eigenvalue weighted by molar-refractivity contribution is -0.142. The zero-order valence-electron chi connectivity index (χ0n) is 18.0. The van der Waals surface area contributed by atoms with E-state index < -0.39 is 17.9 Å². The molecule has 31 heavy (non-hydrogen) atoms. The lowest BCUT2D eigenvalue weighted by atomic mass is 9.97. The molecule has 1 atom stereocenters. The van der Waals surface area contributed by atoms with Gasteiger partial charge in [-0.3, -0.25) is 4.79 Å². The fraction of sp³-hybridized carbons (Fsp3) is 0.333. The molecule has 2 aromatic carbocycles. The summed E-state index contributed by atoms with van der Waals surface area (Å²) < 4.78 is 4.87. The summed E-state index contributed by atoms with van der Waals surface area (Å²) in [6.45, 7) is 5.84. The van der Waals surface area contributed by atoms with E-state index in [1.54, 1.807) is 18.2 Å². The van der Waals surface area contributed by atoms with Gasteiger partial charge in [0.25, 0.3) is 5.91 Å². The maximum absolute atomic E-state index is 12.7. The Morgan fingerprint density at radius 2 is 1.74 bits per heavy atom. The van der Waals surface area contributed by atoms with E-state index in [0.717, 1.165) is 30.6 Å². The summed E-state index contributed by atoms with van der Waals surface area (Å²) in [4.78, 5) is 24.9. The largest absolute Gasteiger partial charge is 0.467 e. The van der Waals surface area contributed by atoms with E-state index in [4.69, 9.17) is 27.9 Å². The Labute approximate surface area is 193 Å². The Bertz CT molecular complexity index is 907. The number of carbonyl (C=O) groups excluding carboxylic acids is 2. The molecule has 5 nitrogen and oxygen atoms in total. The molecule has 1 heterocycles. The third kappa shape index (κ3) is 6.82. The van der Waals surface area contributed by atoms with Gasteiger partial charge in [-0.25, -0.2) is 4.79 Å². The van der Waals surface area contributed by atoms with Crippen LogP contribution in [0.1, 0.15) is 41.8 Å². The highest BCUT2D eigenvalue weighted by atomic mass is 35.5. The molecule has 1 aliphatic heterocycles. The van der Waals surface area contributed by atoms with Crippen LogP contribution in [0.5, 0.6) is 0 Å². The van der Waals surface area contributed by atoms with Crippen LogP contribution in [0.15, 0.2) is 48.5 Å². The molecule has 166 valence electrons. The van der Waals surface area contributed by atoms with Crippen LogP contribution < -0.4 is 10.6 Å². The van der Waals surface area contributed by atoms with Crippen molar-refractivity contribution in [3.05, 3.63) is 75.3 Å². The Hall–Kier alpha value is -2.34. The van der Waals surface area contributed by atoms with Crippen molar-refractivity contribution in [1.82, 2.24) is 10.6 Å². The van der Waals surface area contributed by atoms with Gasteiger partial charge in [0.15, 0.2) is 0 Å². The molecule has 0 saturated heterocycles. The molecule has 0 bridgehead atoms. The van der Waals surface area contributed by atoms with Crippen molar-refractivity contribution >= 4 is 40.7 Å². The SMILES string of the molecule is CC.COC(=O)C(Cc1ccc(C2=CCNCC2)cc1)NC(=O)c1c(Cl)cccc1Cl. The first kappa shape index (κ1) is 24.9. The lowest BCUT2D eigenvalue weighted by Gasteiger charge is -2.18. The predicted molar refractivity (Wildman–Crippen MR) is 127 cm³/mol. The van der Waals surface area contributed by atoms with Gasteiger partial charge < -0.3 is 15.4 Å². The normalized spacial score (nSPS) is 13.9. The van der Waals surface area contributed by atoms with E-state index in [9.17, 15) is 9.59 Å². The van der Waals surface area contributed by atoms with E-state index >= 15 is 0 Å². The van der Waals surface area contributed by atoms with E-state index in [1.165, 1.54) is 12.7 Å². The summed E-state index contributed by atoms with van der Waals surface area (Å²) >= 11 is 12.2. The second-order valence-electron chi connectivity index (χ2n) is 6.73. The van der Waals surface area contributed by atoms with Crippen molar-refractivity contribution in [2.45, 2.75) is 32.7 Å². The number of rotatable bonds is 6. The molecule has 0 spiro atoms. The standard InChI is InChI=1S/C22H22Cl2N2O3.C2H6/c1-29-22(28)19(26-21(27)20-17(23)3-2-4-18(20)24)13-14-5-7-15(8-6-14)16-9-11-25-12-10-16;1-2/h2-9,19,25H,10-13H2,1H3,(H,26,27);1-2H3. The molecule has 0 aliphatic carbocycles. The molecule has 1 amide bonds. The summed E-state index contributed by atoms with van der Waals surface area (Å²) in [6, 6.07) is 11.9. The van der Waals surface area contributed by atoms with E-state index in [1.807, 2.05) is 38.1 Å². The monoisotopic (exact) mass is 462 g/mol. The number of methoxy groups -OCH3 is 1. The molecule has 3 rings (SSSR count). The molecule has 2 N–H and O–H groups in total. The number of ether oxygens (including phenoxy) is 1. The highest BCUT2D eigenvalue weighted by Gasteiger charge is 2.25. The van der Waals surface area contributed by atoms with Crippen LogP contribution in [0.4, 0.5) is 0 Å². The second kappa shape index (κ2) is 12.5. The highest BCUT2D eigenvalue weighted by molar-refractivity contribution is 6.39. The van der Waals surface area contributed by atoms with Crippen molar-refractivity contribution < 1.29 is 14.3 Å². The maximum atomic E-state index is 12.7. The minimum Gasteiger partial charge on any atom is -0.467 e. The third-order valence-corrected chi connectivity index (χ3v) is 5.44. The van der Waals surface area contributed by atoms with Crippen molar-refractivity contribution in [3.8, 4) is 0 Å². The summed E-state index contributed by atoms with van der Waals surface area (Å²) in [6.07, 6.45) is 3.46. The van der Waals surface area contributed by atoms with Crippen LogP contribution in [0.2, 0.25) is 10.0 Å². The van der Waals surface area contributed by atoms with Crippen LogP contribution >= 0.6 is 23.2 Å². The third-order valence-electron chi connectivity index (χ3n) is 4.81. The van der Waals surface area contributed by atoms with Crippen LogP contribution in [0.3, 0.4) is 0 Å². The molecule has 7 heteroatoms. The first-order chi connectivity index (χ1) is 15.0. The number of nitrogens with one attached hydrogen (secondary N) is 2. The number of hydrogen-bond acceptors (Lipinski definition) is 4. The van der Waals surface area contributed by atoms with Gasteiger partial charge in [-0.05, 0) is 41.8 Å². The molecule has 0 fully saturated rings. The fourth-order valence-electron chi connectivity index (χ4n) is 3.26. The fourth-order valence-corrected chi connectivity index (χ4v) is 3.83. The molecule has 0 radical (unpaired) electrons. The van der Waals surface area contributed by atoms with Gasteiger partial charge in [-0.1, -0.05) is 73.5 Å². The number of esters is 1. The molecule has 1 aliphatic rings. The lowest BCUT2D eigenvalue weighted by Crippen LogP contribution is -2.43. The smallest absolute Gasteiger partial charge is 0.328 e. The van der Waals surface area contributed by atoms with Gasteiger partial charge in [0.2, 0.25) is 0 Å². The van der Waals surface area contributed by atoms with E-state index in [0.29, 0.717) is 6.42 Å². The van der Waals surface area contributed by atoms with Crippen molar-refractivity contribution in [1.29, 1.82) is 0 Å². The Morgan fingerprint density at radius 1 is 1.10 bits per heavy atom. The number of amides is 1. The average Bonchev–Trinajstić information content (AvgIpc) is 2.80. The van der Waals surface area contributed by atoms with Crippen molar-refractivity contribution in [3.63, 3.8) is 0 Å². The summed E-state index contributed by atoms with van der Waals surface area (Å²) in [7, 11) is 1.29. The predicted octanol–water partition coefficient (Wildman–Crippen LogP) is 4.91.